The van der Waals surface area contributed by atoms with Crippen molar-refractivity contribution >= 4 is 18.5 Å². The van der Waals surface area contributed by atoms with Crippen molar-refractivity contribution in [2.24, 2.45) is 0 Å². The van der Waals surface area contributed by atoms with Crippen LogP contribution in [-0.2, 0) is 5.16 Å². The first-order valence-corrected chi connectivity index (χ1v) is 12.3. The summed E-state index contributed by atoms with van der Waals surface area (Å²) < 4.78 is 0. The van der Waals surface area contributed by atoms with Gasteiger partial charge in [-0.2, -0.15) is 0 Å². The molecule has 0 unspecified atom stereocenters. The van der Waals surface area contributed by atoms with Gasteiger partial charge in [0.2, 0.25) is 0 Å². The van der Waals surface area contributed by atoms with Gasteiger partial charge in [0.15, 0.2) is 0 Å². The second-order valence-corrected chi connectivity index (χ2v) is 10.2. The van der Waals surface area contributed by atoms with Crippen molar-refractivity contribution < 1.29 is 0 Å². The lowest BCUT2D eigenvalue weighted by Crippen LogP contribution is -2.35. The Balaban J connectivity index is 1.94. The van der Waals surface area contributed by atoms with E-state index >= 15 is 0 Å². The fourth-order valence-electron chi connectivity index (χ4n) is 4.62. The Hall–Kier alpha value is -3.47. The number of hydrogen-bond donors (Lipinski definition) is 0. The average molecular weight is 429 g/mol. The van der Waals surface area contributed by atoms with Crippen molar-refractivity contribution in [3.05, 3.63) is 168 Å². The lowest BCUT2D eigenvalue weighted by Gasteiger charge is -2.43. The van der Waals surface area contributed by atoms with Gasteiger partial charge in [0.1, 0.15) is 0 Å². The second kappa shape index (κ2) is 9.35. The maximum atomic E-state index is 2.29. The summed E-state index contributed by atoms with van der Waals surface area (Å²) in [5, 5.41) is 2.40. The molecular weight excluding hydrogens is 403 g/mol. The third kappa shape index (κ3) is 3.68. The molecule has 0 aliphatic carbocycles. The molecule has 0 N–H and O–H groups in total. The Labute approximate surface area is 192 Å². The van der Waals surface area contributed by atoms with Crippen LogP contribution in [0.2, 0.25) is 0 Å². The summed E-state index contributed by atoms with van der Waals surface area (Å²) in [5.74, 6) is 0. The topological polar surface area (TPSA) is 0 Å². The largest absolute Gasteiger partial charge is 0.0731 e. The van der Waals surface area contributed by atoms with Gasteiger partial charge >= 0.3 is 0 Å². The van der Waals surface area contributed by atoms with E-state index in [2.05, 4.69) is 152 Å². The molecule has 0 amide bonds. The van der Waals surface area contributed by atoms with E-state index in [4.69, 9.17) is 0 Å². The van der Waals surface area contributed by atoms with Crippen LogP contribution in [0.3, 0.4) is 0 Å². The molecule has 0 aliphatic heterocycles. The molecule has 154 valence electrons. The molecule has 5 rings (SSSR count). The van der Waals surface area contributed by atoms with E-state index < -0.39 is 7.92 Å². The zero-order valence-corrected chi connectivity index (χ0v) is 18.8. The zero-order valence-electron chi connectivity index (χ0n) is 17.9. The molecule has 0 heterocycles. The Morgan fingerprint density at radius 2 is 0.562 bits per heavy atom. The molecule has 0 bridgehead atoms. The first-order chi connectivity index (χ1) is 15.9. The Morgan fingerprint density at radius 1 is 0.312 bits per heavy atom. The smallest absolute Gasteiger partial charge is 0.0622 e. The number of rotatable bonds is 6. The van der Waals surface area contributed by atoms with Gasteiger partial charge in [0.05, 0.1) is 5.16 Å². The summed E-state index contributed by atoms with van der Waals surface area (Å²) in [6.07, 6.45) is 0. The molecule has 5 aromatic carbocycles. The van der Waals surface area contributed by atoms with Gasteiger partial charge in [0, 0.05) is 0 Å². The number of benzene rings is 5. The summed E-state index contributed by atoms with van der Waals surface area (Å²) in [5.41, 5.74) is 3.95. The molecule has 0 atom stereocenters. The molecule has 1 heteroatoms. The summed E-state index contributed by atoms with van der Waals surface area (Å²) in [4.78, 5) is 0. The minimum Gasteiger partial charge on any atom is -0.0622 e. The van der Waals surface area contributed by atoms with Crippen LogP contribution in [0.25, 0.3) is 0 Å². The molecule has 0 saturated carbocycles. The van der Waals surface area contributed by atoms with E-state index in [-0.39, 0.29) is 5.16 Å². The van der Waals surface area contributed by atoms with Crippen molar-refractivity contribution in [1.82, 2.24) is 0 Å². The Morgan fingerprint density at radius 3 is 0.844 bits per heavy atom. The molecule has 0 nitrogen and oxygen atoms in total. The first-order valence-electron chi connectivity index (χ1n) is 11.0. The van der Waals surface area contributed by atoms with E-state index in [0.29, 0.717) is 0 Å². The molecule has 5 aromatic rings. The van der Waals surface area contributed by atoms with Gasteiger partial charge in [-0.25, -0.2) is 0 Å². The predicted molar refractivity (Wildman–Crippen MR) is 138 cm³/mol. The van der Waals surface area contributed by atoms with Gasteiger partial charge < -0.3 is 0 Å². The molecule has 32 heavy (non-hydrogen) atoms. The van der Waals surface area contributed by atoms with Crippen LogP contribution in [0.1, 0.15) is 16.7 Å². The highest BCUT2D eigenvalue weighted by atomic mass is 31.1. The quantitative estimate of drug-likeness (QED) is 0.200. The minimum absolute atomic E-state index is 0.332. The van der Waals surface area contributed by atoms with E-state index in [1.807, 2.05) is 0 Å². The predicted octanol–water partition coefficient (Wildman–Crippen LogP) is 7.11. The van der Waals surface area contributed by atoms with Crippen LogP contribution in [0.15, 0.2) is 152 Å². The van der Waals surface area contributed by atoms with Crippen LogP contribution in [0, 0.1) is 0 Å². The van der Waals surface area contributed by atoms with E-state index in [9.17, 15) is 0 Å². The van der Waals surface area contributed by atoms with Gasteiger partial charge in [-0.15, -0.1) is 0 Å². The van der Waals surface area contributed by atoms with Crippen molar-refractivity contribution in [3.63, 3.8) is 0 Å². The minimum atomic E-state index is -0.827. The summed E-state index contributed by atoms with van der Waals surface area (Å²) in [6.45, 7) is 0. The highest BCUT2D eigenvalue weighted by Crippen LogP contribution is 2.61. The number of hydrogen-bond acceptors (Lipinski definition) is 0. The van der Waals surface area contributed by atoms with Crippen LogP contribution < -0.4 is 10.6 Å². The van der Waals surface area contributed by atoms with Crippen LogP contribution >= 0.6 is 7.92 Å². The first kappa shape index (κ1) is 20.4. The molecule has 0 aliphatic rings. The maximum absolute atomic E-state index is 2.29. The fraction of sp³-hybridized carbons (Fsp3) is 0.0323. The van der Waals surface area contributed by atoms with Crippen molar-refractivity contribution in [1.29, 1.82) is 0 Å². The standard InChI is InChI=1S/C31H25P/c1-6-16-26(17-7-1)31(27-18-8-2-9-19-27,28-20-10-3-11-21-28)32(29-22-12-4-13-23-29)30-24-14-5-15-25-30/h1-25H. The van der Waals surface area contributed by atoms with Crippen molar-refractivity contribution in [2.45, 2.75) is 5.16 Å². The van der Waals surface area contributed by atoms with E-state index in [1.54, 1.807) is 0 Å². The third-order valence-electron chi connectivity index (χ3n) is 5.94. The van der Waals surface area contributed by atoms with Gasteiger partial charge in [-0.3, -0.25) is 0 Å². The summed E-state index contributed by atoms with van der Waals surface area (Å²) in [6, 6.07) is 55.1. The molecule has 0 saturated heterocycles. The van der Waals surface area contributed by atoms with Crippen LogP contribution in [0.5, 0.6) is 0 Å². The monoisotopic (exact) mass is 428 g/mol. The van der Waals surface area contributed by atoms with Gasteiger partial charge in [0.25, 0.3) is 0 Å². The van der Waals surface area contributed by atoms with E-state index in [1.165, 1.54) is 27.3 Å². The molecule has 0 aromatic heterocycles. The fourth-order valence-corrected chi connectivity index (χ4v) is 7.85. The normalized spacial score (nSPS) is 11.4. The lowest BCUT2D eigenvalue weighted by atomic mass is 9.84. The average Bonchev–Trinajstić information content (AvgIpc) is 2.90. The second-order valence-electron chi connectivity index (χ2n) is 7.81. The summed E-state index contributed by atoms with van der Waals surface area (Å²) >= 11 is 0. The van der Waals surface area contributed by atoms with Gasteiger partial charge in [-0.05, 0) is 35.2 Å². The molecule has 0 spiro atoms. The molecule has 0 fully saturated rings. The van der Waals surface area contributed by atoms with Crippen molar-refractivity contribution in [2.75, 3.05) is 0 Å². The third-order valence-corrected chi connectivity index (χ3v) is 9.01. The van der Waals surface area contributed by atoms with Crippen molar-refractivity contribution in [3.8, 4) is 0 Å². The lowest BCUT2D eigenvalue weighted by molar-refractivity contribution is 0.885. The highest BCUT2D eigenvalue weighted by Gasteiger charge is 2.45. The zero-order chi connectivity index (χ0) is 21.6. The van der Waals surface area contributed by atoms with Gasteiger partial charge in [-0.1, -0.05) is 152 Å². The maximum Gasteiger partial charge on any atom is 0.0731 e. The Bertz CT molecular complexity index is 1100. The molecular formula is C31H25P. The SMILES string of the molecule is c1ccc(P(c2ccccc2)C(c2ccccc2)(c2ccccc2)c2ccccc2)cc1. The van der Waals surface area contributed by atoms with E-state index in [0.717, 1.165) is 0 Å². The Kier molecular flexibility index (Phi) is 5.97. The summed E-state index contributed by atoms with van der Waals surface area (Å²) in [7, 11) is -0.827. The van der Waals surface area contributed by atoms with Crippen LogP contribution in [0.4, 0.5) is 0 Å². The molecule has 0 radical (unpaired) electrons. The highest BCUT2D eigenvalue weighted by molar-refractivity contribution is 7.74. The van der Waals surface area contributed by atoms with Crippen LogP contribution in [-0.4, -0.2) is 0 Å².